The number of hydrogen-bond acceptors (Lipinski definition) is 7. The maximum atomic E-state index is 13.0. The normalized spacial score (nSPS) is 11.0. The molecule has 1 aromatic carbocycles. The molecule has 0 saturated heterocycles. The second-order valence-corrected chi connectivity index (χ2v) is 6.57. The van der Waals surface area contributed by atoms with Gasteiger partial charge < -0.3 is 8.83 Å². The van der Waals surface area contributed by atoms with Crippen LogP contribution in [0.1, 0.15) is 5.69 Å². The molecule has 0 N–H and O–H groups in total. The number of benzene rings is 1. The SMILES string of the molecule is Fc1ccc(-c2nc(CSc3nnc(-c4ccco4)o3)cs2)cc1. The van der Waals surface area contributed by atoms with E-state index in [0.29, 0.717) is 22.6 Å². The molecule has 0 saturated carbocycles. The van der Waals surface area contributed by atoms with Gasteiger partial charge in [-0.05, 0) is 36.4 Å². The van der Waals surface area contributed by atoms with Gasteiger partial charge in [-0.15, -0.1) is 21.5 Å². The van der Waals surface area contributed by atoms with Gasteiger partial charge in [0.25, 0.3) is 11.1 Å². The summed E-state index contributed by atoms with van der Waals surface area (Å²) in [5.41, 5.74) is 1.80. The Hall–Kier alpha value is -2.45. The molecule has 120 valence electrons. The lowest BCUT2D eigenvalue weighted by Crippen LogP contribution is -1.82. The van der Waals surface area contributed by atoms with Crippen molar-refractivity contribution in [1.82, 2.24) is 15.2 Å². The molecule has 3 heterocycles. The number of hydrogen-bond donors (Lipinski definition) is 0. The minimum atomic E-state index is -0.255. The Balaban J connectivity index is 1.42. The molecule has 0 aliphatic heterocycles. The topological polar surface area (TPSA) is 65.0 Å². The van der Waals surface area contributed by atoms with Gasteiger partial charge in [-0.3, -0.25) is 0 Å². The van der Waals surface area contributed by atoms with Gasteiger partial charge in [-0.25, -0.2) is 9.37 Å². The molecule has 0 bridgehead atoms. The predicted molar refractivity (Wildman–Crippen MR) is 89.1 cm³/mol. The Morgan fingerprint density at radius 3 is 2.79 bits per heavy atom. The molecule has 0 amide bonds. The number of rotatable bonds is 5. The minimum Gasteiger partial charge on any atom is -0.459 e. The molecule has 4 rings (SSSR count). The summed E-state index contributed by atoms with van der Waals surface area (Å²) in [6, 6.07) is 9.83. The fourth-order valence-electron chi connectivity index (χ4n) is 2.00. The standard InChI is InChI=1S/C16H10FN3O2S2/c17-11-5-3-10(4-6-11)15-18-12(8-23-15)9-24-16-20-19-14(22-16)13-2-1-7-21-13/h1-8H,9H2. The van der Waals surface area contributed by atoms with Crippen LogP contribution in [0.4, 0.5) is 4.39 Å². The van der Waals surface area contributed by atoms with Crippen LogP contribution in [0.2, 0.25) is 0 Å². The van der Waals surface area contributed by atoms with Crippen LogP contribution in [0.3, 0.4) is 0 Å². The van der Waals surface area contributed by atoms with Crippen LogP contribution >= 0.6 is 23.1 Å². The number of thioether (sulfide) groups is 1. The van der Waals surface area contributed by atoms with Crippen molar-refractivity contribution in [2.24, 2.45) is 0 Å². The first-order valence-electron chi connectivity index (χ1n) is 6.98. The summed E-state index contributed by atoms with van der Waals surface area (Å²) in [6.45, 7) is 0. The molecule has 3 aromatic heterocycles. The van der Waals surface area contributed by atoms with E-state index in [0.717, 1.165) is 16.3 Å². The molecule has 24 heavy (non-hydrogen) atoms. The van der Waals surface area contributed by atoms with Crippen molar-refractivity contribution in [3.8, 4) is 22.2 Å². The Bertz CT molecular complexity index is 933. The second kappa shape index (κ2) is 6.58. The average Bonchev–Trinajstić information content (AvgIpc) is 3.34. The molecule has 0 aliphatic rings. The fourth-order valence-corrected chi connectivity index (χ4v) is 3.59. The number of thiazole rings is 1. The highest BCUT2D eigenvalue weighted by atomic mass is 32.2. The Morgan fingerprint density at radius 1 is 1.12 bits per heavy atom. The molecular formula is C16H10FN3O2S2. The first kappa shape index (κ1) is 15.1. The predicted octanol–water partition coefficient (Wildman–Crippen LogP) is 4.88. The summed E-state index contributed by atoms with van der Waals surface area (Å²) in [7, 11) is 0. The summed E-state index contributed by atoms with van der Waals surface area (Å²) in [5.74, 6) is 1.25. The van der Waals surface area contributed by atoms with E-state index in [4.69, 9.17) is 8.83 Å². The zero-order chi connectivity index (χ0) is 16.4. The largest absolute Gasteiger partial charge is 0.459 e. The Labute approximate surface area is 144 Å². The number of furan rings is 1. The molecule has 8 heteroatoms. The maximum Gasteiger partial charge on any atom is 0.284 e. The average molecular weight is 359 g/mol. The zero-order valence-electron chi connectivity index (χ0n) is 12.2. The highest BCUT2D eigenvalue weighted by Gasteiger charge is 2.12. The quantitative estimate of drug-likeness (QED) is 0.473. The molecule has 0 radical (unpaired) electrons. The van der Waals surface area contributed by atoms with Gasteiger partial charge in [0.05, 0.1) is 12.0 Å². The Kier molecular flexibility index (Phi) is 4.14. The third-order valence-electron chi connectivity index (χ3n) is 3.12. The third-order valence-corrected chi connectivity index (χ3v) is 4.92. The zero-order valence-corrected chi connectivity index (χ0v) is 13.8. The molecule has 0 unspecified atom stereocenters. The van der Waals surface area contributed by atoms with Crippen molar-refractivity contribution < 1.29 is 13.2 Å². The highest BCUT2D eigenvalue weighted by Crippen LogP contribution is 2.29. The van der Waals surface area contributed by atoms with Crippen molar-refractivity contribution in [1.29, 1.82) is 0 Å². The van der Waals surface area contributed by atoms with Gasteiger partial charge in [-0.1, -0.05) is 11.8 Å². The first-order chi connectivity index (χ1) is 11.8. The van der Waals surface area contributed by atoms with E-state index in [1.54, 1.807) is 30.5 Å². The van der Waals surface area contributed by atoms with E-state index in [1.807, 2.05) is 5.38 Å². The van der Waals surface area contributed by atoms with Crippen LogP contribution in [0, 0.1) is 5.82 Å². The summed E-state index contributed by atoms with van der Waals surface area (Å²) >= 11 is 2.92. The summed E-state index contributed by atoms with van der Waals surface area (Å²) < 4.78 is 23.7. The van der Waals surface area contributed by atoms with Gasteiger partial charge in [-0.2, -0.15) is 0 Å². The van der Waals surface area contributed by atoms with Gasteiger partial charge in [0, 0.05) is 16.7 Å². The van der Waals surface area contributed by atoms with Crippen LogP contribution in [0.15, 0.2) is 62.1 Å². The van der Waals surface area contributed by atoms with Gasteiger partial charge >= 0.3 is 0 Å². The number of nitrogens with zero attached hydrogens (tertiary/aromatic N) is 3. The van der Waals surface area contributed by atoms with E-state index in [-0.39, 0.29) is 5.82 Å². The van der Waals surface area contributed by atoms with E-state index >= 15 is 0 Å². The first-order valence-corrected chi connectivity index (χ1v) is 8.85. The summed E-state index contributed by atoms with van der Waals surface area (Å²) in [6.07, 6.45) is 1.55. The Morgan fingerprint density at radius 2 is 2.00 bits per heavy atom. The molecule has 0 spiro atoms. The van der Waals surface area contributed by atoms with E-state index in [2.05, 4.69) is 15.2 Å². The van der Waals surface area contributed by atoms with Crippen molar-refractivity contribution in [2.45, 2.75) is 11.0 Å². The smallest absolute Gasteiger partial charge is 0.284 e. The van der Waals surface area contributed by atoms with Crippen LogP contribution in [0.25, 0.3) is 22.2 Å². The van der Waals surface area contributed by atoms with Crippen LogP contribution < -0.4 is 0 Å². The fraction of sp³-hybridized carbons (Fsp3) is 0.0625. The number of halogens is 1. The lowest BCUT2D eigenvalue weighted by molar-refractivity contribution is 0.447. The lowest BCUT2D eigenvalue weighted by Gasteiger charge is -1.95. The van der Waals surface area contributed by atoms with Gasteiger partial charge in [0.1, 0.15) is 10.8 Å². The van der Waals surface area contributed by atoms with Crippen molar-refractivity contribution in [2.75, 3.05) is 0 Å². The third kappa shape index (κ3) is 3.24. The maximum absolute atomic E-state index is 13.0. The highest BCUT2D eigenvalue weighted by molar-refractivity contribution is 7.98. The van der Waals surface area contributed by atoms with Crippen molar-refractivity contribution in [3.63, 3.8) is 0 Å². The van der Waals surface area contributed by atoms with E-state index < -0.39 is 0 Å². The molecular weight excluding hydrogens is 349 g/mol. The van der Waals surface area contributed by atoms with Gasteiger partial charge in [0.2, 0.25) is 0 Å². The van der Waals surface area contributed by atoms with Crippen LogP contribution in [-0.4, -0.2) is 15.2 Å². The molecule has 0 fully saturated rings. The van der Waals surface area contributed by atoms with Crippen molar-refractivity contribution >= 4 is 23.1 Å². The monoisotopic (exact) mass is 359 g/mol. The van der Waals surface area contributed by atoms with Gasteiger partial charge in [0.15, 0.2) is 5.76 Å². The molecule has 5 nitrogen and oxygen atoms in total. The minimum absolute atomic E-state index is 0.255. The summed E-state index contributed by atoms with van der Waals surface area (Å²) in [5, 5.41) is 11.2. The molecule has 0 aliphatic carbocycles. The lowest BCUT2D eigenvalue weighted by atomic mass is 10.2. The summed E-state index contributed by atoms with van der Waals surface area (Å²) in [4.78, 5) is 4.55. The van der Waals surface area contributed by atoms with E-state index in [1.165, 1.54) is 35.2 Å². The van der Waals surface area contributed by atoms with E-state index in [9.17, 15) is 4.39 Å². The van der Waals surface area contributed by atoms with Crippen LogP contribution in [-0.2, 0) is 5.75 Å². The van der Waals surface area contributed by atoms with Crippen molar-refractivity contribution in [3.05, 3.63) is 59.6 Å². The molecule has 4 aromatic rings. The second-order valence-electron chi connectivity index (χ2n) is 4.79. The van der Waals surface area contributed by atoms with Crippen LogP contribution in [0.5, 0.6) is 0 Å². The molecule has 0 atom stereocenters. The number of aromatic nitrogens is 3.